The summed E-state index contributed by atoms with van der Waals surface area (Å²) in [7, 11) is 0. The molecule has 9 heteroatoms. The van der Waals surface area contributed by atoms with Crippen molar-refractivity contribution < 1.29 is 13.6 Å². The molecule has 0 atom stereocenters. The second kappa shape index (κ2) is 9.14. The molecule has 0 spiro atoms. The molecule has 1 amide bonds. The summed E-state index contributed by atoms with van der Waals surface area (Å²) in [5.74, 6) is -0.667. The maximum Gasteiger partial charge on any atom is 0.261 e. The molecule has 0 unspecified atom stereocenters. The molecule has 4 rings (SSSR count). The van der Waals surface area contributed by atoms with E-state index in [0.29, 0.717) is 22.7 Å². The van der Waals surface area contributed by atoms with Crippen molar-refractivity contribution in [3.8, 4) is 0 Å². The topological polar surface area (TPSA) is 86.9 Å². The quantitative estimate of drug-likeness (QED) is 0.617. The fourth-order valence-corrected chi connectivity index (χ4v) is 5.69. The van der Waals surface area contributed by atoms with Crippen LogP contribution in [0, 0.1) is 17.6 Å². The van der Waals surface area contributed by atoms with Gasteiger partial charge in [-0.3, -0.25) is 9.59 Å². The van der Waals surface area contributed by atoms with Crippen molar-refractivity contribution in [1.82, 2.24) is 15.3 Å². The Morgan fingerprint density at radius 1 is 1.19 bits per heavy atom. The van der Waals surface area contributed by atoms with Gasteiger partial charge in [0.05, 0.1) is 17.0 Å². The number of H-pyrrole nitrogens is 1. The molecule has 31 heavy (non-hydrogen) atoms. The summed E-state index contributed by atoms with van der Waals surface area (Å²) in [5, 5.41) is 6.08. The summed E-state index contributed by atoms with van der Waals surface area (Å²) in [6, 6.07) is 1.79. The molecule has 0 radical (unpaired) electrons. The van der Waals surface area contributed by atoms with E-state index in [4.69, 9.17) is 0 Å². The molecule has 0 aliphatic heterocycles. The molecule has 3 N–H and O–H groups in total. The van der Waals surface area contributed by atoms with Crippen molar-refractivity contribution >= 4 is 34.3 Å². The van der Waals surface area contributed by atoms with Gasteiger partial charge < -0.3 is 15.6 Å². The van der Waals surface area contributed by atoms with Gasteiger partial charge in [-0.05, 0) is 50.5 Å². The van der Waals surface area contributed by atoms with Gasteiger partial charge in [-0.1, -0.05) is 6.92 Å². The third kappa shape index (κ3) is 5.02. The smallest absolute Gasteiger partial charge is 0.261 e. The minimum Gasteiger partial charge on any atom is -0.380 e. The lowest BCUT2D eigenvalue weighted by molar-refractivity contribution is -0.119. The number of aromatic nitrogens is 2. The van der Waals surface area contributed by atoms with Crippen LogP contribution >= 0.6 is 11.8 Å². The van der Waals surface area contributed by atoms with E-state index in [0.717, 1.165) is 38.5 Å². The summed E-state index contributed by atoms with van der Waals surface area (Å²) >= 11 is 1.70. The maximum atomic E-state index is 14.6. The van der Waals surface area contributed by atoms with E-state index in [1.807, 2.05) is 0 Å². The molecular formula is C22H28F2N4O2S. The fourth-order valence-electron chi connectivity index (χ4n) is 4.56. The molecule has 1 aromatic heterocycles. The van der Waals surface area contributed by atoms with Crippen LogP contribution in [0.25, 0.3) is 10.9 Å². The van der Waals surface area contributed by atoms with Crippen LogP contribution in [0.2, 0.25) is 0 Å². The second-order valence-corrected chi connectivity index (χ2v) is 10.2. The average molecular weight is 451 g/mol. The first-order valence-electron chi connectivity index (χ1n) is 10.9. The van der Waals surface area contributed by atoms with Crippen molar-refractivity contribution in [3.05, 3.63) is 33.9 Å². The van der Waals surface area contributed by atoms with Crippen LogP contribution in [0.5, 0.6) is 0 Å². The van der Waals surface area contributed by atoms with Crippen molar-refractivity contribution in [2.24, 2.45) is 5.92 Å². The molecule has 2 fully saturated rings. The number of amides is 1. The normalized spacial score (nSPS) is 25.8. The second-order valence-electron chi connectivity index (χ2n) is 8.86. The number of nitrogens with one attached hydrogen (secondary N) is 3. The first-order valence-corrected chi connectivity index (χ1v) is 11.9. The molecule has 1 heterocycles. The number of anilines is 1. The van der Waals surface area contributed by atoms with Crippen LogP contribution in [0.4, 0.5) is 14.5 Å². The van der Waals surface area contributed by atoms with Gasteiger partial charge in [0.25, 0.3) is 5.56 Å². The molecule has 0 saturated heterocycles. The van der Waals surface area contributed by atoms with Gasteiger partial charge in [-0.15, -0.1) is 0 Å². The van der Waals surface area contributed by atoms with E-state index in [1.54, 1.807) is 11.8 Å². The lowest BCUT2D eigenvalue weighted by Crippen LogP contribution is -2.36. The largest absolute Gasteiger partial charge is 0.380 e. The van der Waals surface area contributed by atoms with Crippen molar-refractivity contribution in [1.29, 1.82) is 0 Å². The fraction of sp³-hybridized carbons (Fsp3) is 0.591. The molecule has 2 aliphatic rings. The molecule has 2 saturated carbocycles. The number of hydrogen-bond donors (Lipinski definition) is 3. The third-order valence-corrected chi connectivity index (χ3v) is 7.58. The summed E-state index contributed by atoms with van der Waals surface area (Å²) in [6.45, 7) is 3.65. The number of aromatic amines is 1. The SMILES string of the molecule is CC(=O)NC1CCC(SCc2nc3cc(NC4CC(C)C4)c(F)c(F)c3c(=O)[nH]2)CC1. The Hall–Kier alpha value is -2.16. The van der Waals surface area contributed by atoms with Crippen LogP contribution in [0.3, 0.4) is 0 Å². The highest BCUT2D eigenvalue weighted by atomic mass is 32.2. The predicted molar refractivity (Wildman–Crippen MR) is 119 cm³/mol. The molecule has 168 valence electrons. The third-order valence-electron chi connectivity index (χ3n) is 6.20. The monoisotopic (exact) mass is 450 g/mol. The molecule has 0 bridgehead atoms. The summed E-state index contributed by atoms with van der Waals surface area (Å²) in [5.41, 5.74) is -0.424. The molecule has 2 aliphatic carbocycles. The van der Waals surface area contributed by atoms with Crippen molar-refractivity contribution in [2.75, 3.05) is 5.32 Å². The first-order chi connectivity index (χ1) is 14.8. The van der Waals surface area contributed by atoms with E-state index in [9.17, 15) is 18.4 Å². The Balaban J connectivity index is 1.46. The molecular weight excluding hydrogens is 422 g/mol. The maximum absolute atomic E-state index is 14.6. The number of carbonyl (C=O) groups excluding carboxylic acids is 1. The Labute approximate surface area is 184 Å². The Morgan fingerprint density at radius 2 is 1.90 bits per heavy atom. The molecule has 2 aromatic rings. The highest BCUT2D eigenvalue weighted by Crippen LogP contribution is 2.33. The minimum absolute atomic E-state index is 0.00149. The van der Waals surface area contributed by atoms with E-state index in [-0.39, 0.29) is 34.6 Å². The summed E-state index contributed by atoms with van der Waals surface area (Å²) in [4.78, 5) is 30.7. The highest BCUT2D eigenvalue weighted by molar-refractivity contribution is 7.99. The van der Waals surface area contributed by atoms with Gasteiger partial charge in [0.15, 0.2) is 11.6 Å². The van der Waals surface area contributed by atoms with E-state index < -0.39 is 17.2 Å². The van der Waals surface area contributed by atoms with Gasteiger partial charge in [-0.2, -0.15) is 11.8 Å². The first kappa shape index (κ1) is 22.0. The summed E-state index contributed by atoms with van der Waals surface area (Å²) in [6.07, 6.45) is 5.63. The molecule has 6 nitrogen and oxygen atoms in total. The van der Waals surface area contributed by atoms with Gasteiger partial charge in [0.2, 0.25) is 5.91 Å². The van der Waals surface area contributed by atoms with Crippen LogP contribution in [-0.4, -0.2) is 33.2 Å². The van der Waals surface area contributed by atoms with Crippen LogP contribution < -0.4 is 16.2 Å². The van der Waals surface area contributed by atoms with Crippen LogP contribution in [0.1, 0.15) is 58.2 Å². The zero-order valence-corrected chi connectivity index (χ0v) is 18.6. The standard InChI is InChI=1S/C22H28F2N4O2S/c1-11-7-14(8-11)26-17-9-16-19(21(24)20(17)23)22(30)28-18(27-16)10-31-15-5-3-13(4-6-15)25-12(2)29/h9,11,13-15,26H,3-8,10H2,1-2H3,(H,25,29)(H,27,28,30). The van der Waals surface area contributed by atoms with Crippen LogP contribution in [0.15, 0.2) is 10.9 Å². The van der Waals surface area contributed by atoms with Gasteiger partial charge in [-0.25, -0.2) is 13.8 Å². The number of thioether (sulfide) groups is 1. The number of carbonyl (C=O) groups is 1. The lowest BCUT2D eigenvalue weighted by Gasteiger charge is -2.34. The number of fused-ring (bicyclic) bond motifs is 1. The number of benzene rings is 1. The van der Waals surface area contributed by atoms with Crippen molar-refractivity contribution in [2.45, 2.75) is 75.5 Å². The zero-order valence-electron chi connectivity index (χ0n) is 17.8. The molecule has 1 aromatic carbocycles. The summed E-state index contributed by atoms with van der Waals surface area (Å²) < 4.78 is 29.1. The van der Waals surface area contributed by atoms with E-state index in [1.165, 1.54) is 13.0 Å². The Bertz CT molecular complexity index is 1030. The lowest BCUT2D eigenvalue weighted by atomic mass is 9.82. The van der Waals surface area contributed by atoms with Gasteiger partial charge in [0, 0.05) is 24.3 Å². The Kier molecular flexibility index (Phi) is 6.50. The Morgan fingerprint density at radius 3 is 2.55 bits per heavy atom. The number of rotatable bonds is 6. The number of nitrogens with zero attached hydrogens (tertiary/aromatic N) is 1. The zero-order chi connectivity index (χ0) is 22.1. The van der Waals surface area contributed by atoms with E-state index in [2.05, 4.69) is 27.5 Å². The number of hydrogen-bond acceptors (Lipinski definition) is 5. The average Bonchev–Trinajstić information content (AvgIpc) is 2.69. The highest BCUT2D eigenvalue weighted by Gasteiger charge is 2.27. The minimum atomic E-state index is -1.16. The predicted octanol–water partition coefficient (Wildman–Crippen LogP) is 4.09. The number of halogens is 2. The van der Waals surface area contributed by atoms with Gasteiger partial charge in [0.1, 0.15) is 11.2 Å². The van der Waals surface area contributed by atoms with Gasteiger partial charge >= 0.3 is 0 Å². The van der Waals surface area contributed by atoms with Crippen LogP contribution in [-0.2, 0) is 10.5 Å². The van der Waals surface area contributed by atoms with Crippen molar-refractivity contribution in [3.63, 3.8) is 0 Å². The van der Waals surface area contributed by atoms with E-state index >= 15 is 0 Å².